The van der Waals surface area contributed by atoms with Crippen LogP contribution in [0, 0.1) is 0 Å². The highest BCUT2D eigenvalue weighted by Gasteiger charge is 1.99. The maximum Gasteiger partial charge on any atom is 0.116 e. The van der Waals surface area contributed by atoms with Gasteiger partial charge in [-0.3, -0.25) is 0 Å². The first kappa shape index (κ1) is 11.7. The lowest BCUT2D eigenvalue weighted by molar-refractivity contribution is 0.475. The highest BCUT2D eigenvalue weighted by Crippen LogP contribution is 2.23. The van der Waals surface area contributed by atoms with Crippen LogP contribution in [-0.2, 0) is 6.42 Å². The van der Waals surface area contributed by atoms with Crippen LogP contribution in [0.3, 0.4) is 0 Å². The van der Waals surface area contributed by atoms with Gasteiger partial charge < -0.3 is 10.8 Å². The van der Waals surface area contributed by atoms with E-state index in [1.165, 1.54) is 5.56 Å². The van der Waals surface area contributed by atoms with Crippen LogP contribution in [0.25, 0.3) is 11.1 Å². The molecule has 0 bridgehead atoms. The average molecular weight is 227 g/mol. The van der Waals surface area contributed by atoms with Crippen molar-refractivity contribution in [3.63, 3.8) is 0 Å². The van der Waals surface area contributed by atoms with Crippen LogP contribution in [0.15, 0.2) is 48.5 Å². The zero-order valence-electron chi connectivity index (χ0n) is 9.76. The Labute approximate surface area is 102 Å². The van der Waals surface area contributed by atoms with Crippen molar-refractivity contribution < 1.29 is 5.11 Å². The number of nitrogens with two attached hydrogens (primary N) is 1. The van der Waals surface area contributed by atoms with Gasteiger partial charge in [0.1, 0.15) is 5.75 Å². The third kappa shape index (κ3) is 3.08. The number of phenols is 1. The highest BCUT2D eigenvalue weighted by atomic mass is 16.3. The Bertz CT molecular complexity index is 477. The fourth-order valence-electron chi connectivity index (χ4n) is 1.86. The first-order valence-corrected chi connectivity index (χ1v) is 5.88. The van der Waals surface area contributed by atoms with Crippen LogP contribution >= 0.6 is 0 Å². The molecule has 0 spiro atoms. The fourth-order valence-corrected chi connectivity index (χ4v) is 1.86. The lowest BCUT2D eigenvalue weighted by Gasteiger charge is -2.04. The SMILES string of the molecule is NCCCc1ccc(-c2cccc(O)c2)cc1. The number of hydrogen-bond acceptors (Lipinski definition) is 2. The topological polar surface area (TPSA) is 46.2 Å². The van der Waals surface area contributed by atoms with Gasteiger partial charge in [0.15, 0.2) is 0 Å². The summed E-state index contributed by atoms with van der Waals surface area (Å²) in [6.45, 7) is 0.730. The molecule has 3 N–H and O–H groups in total. The van der Waals surface area contributed by atoms with Gasteiger partial charge in [-0.25, -0.2) is 0 Å². The van der Waals surface area contributed by atoms with Gasteiger partial charge in [0, 0.05) is 0 Å². The van der Waals surface area contributed by atoms with Gasteiger partial charge in [-0.2, -0.15) is 0 Å². The van der Waals surface area contributed by atoms with Crippen molar-refractivity contribution in [1.29, 1.82) is 0 Å². The molecule has 88 valence electrons. The summed E-state index contributed by atoms with van der Waals surface area (Å²) in [5, 5.41) is 9.43. The van der Waals surface area contributed by atoms with Crippen molar-refractivity contribution in [2.45, 2.75) is 12.8 Å². The Morgan fingerprint density at radius 2 is 1.71 bits per heavy atom. The number of rotatable bonds is 4. The molecular weight excluding hydrogens is 210 g/mol. The van der Waals surface area contributed by atoms with E-state index < -0.39 is 0 Å². The molecule has 0 fully saturated rings. The number of phenolic OH excluding ortho intramolecular Hbond substituents is 1. The predicted molar refractivity (Wildman–Crippen MR) is 70.9 cm³/mol. The van der Waals surface area contributed by atoms with E-state index in [0.29, 0.717) is 5.75 Å². The van der Waals surface area contributed by atoms with Crippen LogP contribution in [0.4, 0.5) is 0 Å². The molecule has 0 unspecified atom stereocenters. The molecule has 2 aromatic carbocycles. The number of benzene rings is 2. The van der Waals surface area contributed by atoms with Gasteiger partial charge in [0.2, 0.25) is 0 Å². The van der Waals surface area contributed by atoms with E-state index in [1.54, 1.807) is 12.1 Å². The summed E-state index contributed by atoms with van der Waals surface area (Å²) in [4.78, 5) is 0. The smallest absolute Gasteiger partial charge is 0.116 e. The molecule has 0 aliphatic rings. The Balaban J connectivity index is 2.17. The third-order valence-electron chi connectivity index (χ3n) is 2.80. The van der Waals surface area contributed by atoms with E-state index in [0.717, 1.165) is 30.5 Å². The van der Waals surface area contributed by atoms with Gasteiger partial charge >= 0.3 is 0 Å². The number of hydrogen-bond donors (Lipinski definition) is 2. The summed E-state index contributed by atoms with van der Waals surface area (Å²) in [6.07, 6.45) is 2.04. The van der Waals surface area contributed by atoms with Crippen LogP contribution < -0.4 is 5.73 Å². The highest BCUT2D eigenvalue weighted by molar-refractivity contribution is 5.65. The number of aromatic hydroxyl groups is 1. The minimum absolute atomic E-state index is 0.301. The van der Waals surface area contributed by atoms with Crippen LogP contribution in [0.1, 0.15) is 12.0 Å². The van der Waals surface area contributed by atoms with Gasteiger partial charge in [0.25, 0.3) is 0 Å². The molecule has 2 nitrogen and oxygen atoms in total. The number of aryl methyl sites for hydroxylation is 1. The fraction of sp³-hybridized carbons (Fsp3) is 0.200. The summed E-state index contributed by atoms with van der Waals surface area (Å²) in [5.74, 6) is 0.301. The molecule has 0 heterocycles. The molecule has 0 amide bonds. The van der Waals surface area contributed by atoms with Crippen LogP contribution in [-0.4, -0.2) is 11.7 Å². The summed E-state index contributed by atoms with van der Waals surface area (Å²) in [6, 6.07) is 15.7. The molecule has 17 heavy (non-hydrogen) atoms. The average Bonchev–Trinajstić information content (AvgIpc) is 2.37. The molecule has 0 saturated heterocycles. The first-order valence-electron chi connectivity index (χ1n) is 5.88. The normalized spacial score (nSPS) is 10.4. The van der Waals surface area contributed by atoms with Gasteiger partial charge in [0.05, 0.1) is 0 Å². The van der Waals surface area contributed by atoms with Gasteiger partial charge in [-0.1, -0.05) is 36.4 Å². The molecule has 0 aromatic heterocycles. The Hall–Kier alpha value is -1.80. The molecular formula is C15H17NO. The summed E-state index contributed by atoms with van der Waals surface area (Å²) in [7, 11) is 0. The maximum absolute atomic E-state index is 9.43. The zero-order valence-corrected chi connectivity index (χ0v) is 9.76. The second-order valence-electron chi connectivity index (χ2n) is 4.14. The van der Waals surface area contributed by atoms with E-state index in [4.69, 9.17) is 5.73 Å². The van der Waals surface area contributed by atoms with Gasteiger partial charge in [-0.15, -0.1) is 0 Å². The maximum atomic E-state index is 9.43. The summed E-state index contributed by atoms with van der Waals surface area (Å²) >= 11 is 0. The minimum Gasteiger partial charge on any atom is -0.508 e. The second kappa shape index (κ2) is 5.51. The Morgan fingerprint density at radius 3 is 2.35 bits per heavy atom. The van der Waals surface area contributed by atoms with Crippen LogP contribution in [0.2, 0.25) is 0 Å². The lowest BCUT2D eigenvalue weighted by atomic mass is 10.0. The van der Waals surface area contributed by atoms with Crippen molar-refractivity contribution in [3.8, 4) is 16.9 Å². The monoisotopic (exact) mass is 227 g/mol. The van der Waals surface area contributed by atoms with E-state index in [2.05, 4.69) is 24.3 Å². The predicted octanol–water partition coefficient (Wildman–Crippen LogP) is 2.95. The molecule has 0 atom stereocenters. The molecule has 2 rings (SSSR count). The molecule has 2 heteroatoms. The standard InChI is InChI=1S/C15H17NO/c16-10-2-3-12-6-8-13(9-7-12)14-4-1-5-15(17)11-14/h1,4-9,11,17H,2-3,10,16H2. The largest absolute Gasteiger partial charge is 0.508 e. The van der Waals surface area contributed by atoms with Crippen LogP contribution in [0.5, 0.6) is 5.75 Å². The second-order valence-corrected chi connectivity index (χ2v) is 4.14. The molecule has 0 radical (unpaired) electrons. The van der Waals surface area contributed by atoms with Crippen molar-refractivity contribution in [2.75, 3.05) is 6.54 Å². The minimum atomic E-state index is 0.301. The van der Waals surface area contributed by atoms with E-state index in [1.807, 2.05) is 12.1 Å². The molecule has 0 aliphatic carbocycles. The van der Waals surface area contributed by atoms with E-state index in [9.17, 15) is 5.11 Å². The third-order valence-corrected chi connectivity index (χ3v) is 2.80. The van der Waals surface area contributed by atoms with Gasteiger partial charge in [-0.05, 0) is 48.2 Å². The molecule has 0 saturated carbocycles. The van der Waals surface area contributed by atoms with Crippen molar-refractivity contribution in [3.05, 3.63) is 54.1 Å². The zero-order chi connectivity index (χ0) is 12.1. The van der Waals surface area contributed by atoms with Crippen molar-refractivity contribution in [1.82, 2.24) is 0 Å². The van der Waals surface area contributed by atoms with E-state index >= 15 is 0 Å². The lowest BCUT2D eigenvalue weighted by Crippen LogP contribution is -2.00. The first-order chi connectivity index (χ1) is 8.29. The van der Waals surface area contributed by atoms with E-state index in [-0.39, 0.29) is 0 Å². The Kier molecular flexibility index (Phi) is 3.78. The summed E-state index contributed by atoms with van der Waals surface area (Å²) in [5.41, 5.74) is 8.95. The summed E-state index contributed by atoms with van der Waals surface area (Å²) < 4.78 is 0. The molecule has 2 aromatic rings. The van der Waals surface area contributed by atoms with Crippen molar-refractivity contribution in [2.24, 2.45) is 5.73 Å². The Morgan fingerprint density at radius 1 is 0.941 bits per heavy atom. The van der Waals surface area contributed by atoms with Crippen molar-refractivity contribution >= 4 is 0 Å². The molecule has 0 aliphatic heterocycles. The quantitative estimate of drug-likeness (QED) is 0.843.